The molecule has 0 aliphatic heterocycles. The third kappa shape index (κ3) is 3.59. The summed E-state index contributed by atoms with van der Waals surface area (Å²) in [5, 5.41) is 9.89. The van der Waals surface area contributed by atoms with Gasteiger partial charge in [-0.25, -0.2) is 4.68 Å². The second-order valence-electron chi connectivity index (χ2n) is 5.61. The quantitative estimate of drug-likeness (QED) is 0.851. The normalized spacial score (nSPS) is 13.6. The molecule has 6 heteroatoms. The van der Waals surface area contributed by atoms with E-state index in [1.165, 1.54) is 0 Å². The Bertz CT molecular complexity index is 705. The van der Waals surface area contributed by atoms with Gasteiger partial charge in [0.15, 0.2) is 0 Å². The van der Waals surface area contributed by atoms with Gasteiger partial charge in [0, 0.05) is 12.5 Å². The fourth-order valence-electron chi connectivity index (χ4n) is 2.42. The molecule has 1 aliphatic rings. The maximum Gasteiger partial charge on any atom is 0.270 e. The van der Waals surface area contributed by atoms with E-state index in [0.29, 0.717) is 18.2 Å². The van der Waals surface area contributed by atoms with Gasteiger partial charge in [0.2, 0.25) is 5.91 Å². The Labute approximate surface area is 134 Å². The van der Waals surface area contributed by atoms with Crippen molar-refractivity contribution in [2.45, 2.75) is 25.7 Å². The first-order valence-electron chi connectivity index (χ1n) is 7.89. The lowest BCUT2D eigenvalue weighted by molar-refractivity contribution is -0.120. The van der Waals surface area contributed by atoms with Crippen LogP contribution in [0, 0.1) is 0 Å². The molecule has 2 amide bonds. The number of rotatable bonds is 6. The van der Waals surface area contributed by atoms with E-state index < -0.39 is 0 Å². The van der Waals surface area contributed by atoms with Crippen molar-refractivity contribution in [2.75, 3.05) is 13.1 Å². The monoisotopic (exact) mass is 312 g/mol. The Balaban J connectivity index is 1.82. The zero-order valence-corrected chi connectivity index (χ0v) is 13.1. The highest BCUT2D eigenvalue weighted by molar-refractivity contribution is 5.95. The molecule has 0 bridgehead atoms. The van der Waals surface area contributed by atoms with Crippen LogP contribution < -0.4 is 10.6 Å². The van der Waals surface area contributed by atoms with Gasteiger partial charge in [0.1, 0.15) is 5.69 Å². The van der Waals surface area contributed by atoms with E-state index in [0.717, 1.165) is 24.2 Å². The smallest absolute Gasteiger partial charge is 0.270 e. The van der Waals surface area contributed by atoms with Crippen molar-refractivity contribution in [3.63, 3.8) is 0 Å². The minimum absolute atomic E-state index is 0.0363. The summed E-state index contributed by atoms with van der Waals surface area (Å²) in [4.78, 5) is 24.0. The molecule has 120 valence electrons. The number of hydrogen-bond donors (Lipinski definition) is 2. The summed E-state index contributed by atoms with van der Waals surface area (Å²) in [5.41, 5.74) is 2.24. The number of benzene rings is 1. The lowest BCUT2D eigenvalue weighted by Gasteiger charge is -2.08. The number of likely N-dealkylation sites (N-methyl/N-ethyl adjacent to an activating group) is 1. The van der Waals surface area contributed by atoms with Gasteiger partial charge in [0.05, 0.1) is 17.9 Å². The molecule has 1 aromatic heterocycles. The molecule has 0 unspecified atom stereocenters. The Morgan fingerprint density at radius 2 is 1.96 bits per heavy atom. The molecule has 0 saturated heterocycles. The number of nitrogens with one attached hydrogen (secondary N) is 2. The van der Waals surface area contributed by atoms with Crippen LogP contribution >= 0.6 is 0 Å². The molecule has 6 nitrogen and oxygen atoms in total. The molecule has 2 aromatic rings. The van der Waals surface area contributed by atoms with Crippen LogP contribution in [0.5, 0.6) is 0 Å². The predicted molar refractivity (Wildman–Crippen MR) is 86.6 cm³/mol. The Morgan fingerprint density at radius 1 is 1.22 bits per heavy atom. The Morgan fingerprint density at radius 3 is 2.61 bits per heavy atom. The molecular formula is C17H20N4O2. The highest BCUT2D eigenvalue weighted by Gasteiger charge is 2.29. The number of hydrogen-bond acceptors (Lipinski definition) is 3. The van der Waals surface area contributed by atoms with Crippen LogP contribution in [-0.2, 0) is 4.79 Å². The Kier molecular flexibility index (Phi) is 4.41. The molecule has 1 aliphatic carbocycles. The molecule has 0 atom stereocenters. The molecule has 1 aromatic carbocycles. The number of carbonyl (C=O) groups excluding carboxylic acids is 2. The topological polar surface area (TPSA) is 76.0 Å². The third-order valence-corrected chi connectivity index (χ3v) is 3.74. The van der Waals surface area contributed by atoms with E-state index >= 15 is 0 Å². The summed E-state index contributed by atoms with van der Waals surface area (Å²) >= 11 is 0. The van der Waals surface area contributed by atoms with Crippen molar-refractivity contribution < 1.29 is 9.59 Å². The molecule has 1 saturated carbocycles. The summed E-state index contributed by atoms with van der Waals surface area (Å²) in [6.45, 7) is 2.35. The molecule has 1 fully saturated rings. The molecule has 2 N–H and O–H groups in total. The van der Waals surface area contributed by atoms with Crippen molar-refractivity contribution in [3.8, 4) is 5.69 Å². The number of nitrogens with zero attached hydrogens (tertiary/aromatic N) is 2. The summed E-state index contributed by atoms with van der Waals surface area (Å²) < 4.78 is 1.65. The predicted octanol–water partition coefficient (Wildman–Crippen LogP) is 1.62. The van der Waals surface area contributed by atoms with Gasteiger partial charge in [-0.05, 0) is 38.0 Å². The minimum atomic E-state index is -0.292. The van der Waals surface area contributed by atoms with Crippen molar-refractivity contribution in [1.29, 1.82) is 0 Å². The summed E-state index contributed by atoms with van der Waals surface area (Å²) in [7, 11) is 0. The number of aromatic nitrogens is 2. The van der Waals surface area contributed by atoms with Crippen LogP contribution in [-0.4, -0.2) is 34.7 Å². The standard InChI is InChI=1S/C17H20N4O2/c1-2-18-16(22)11-19-17(23)15-10-14(12-8-9-12)20-21(15)13-6-4-3-5-7-13/h3-7,10,12H,2,8-9,11H2,1H3,(H,18,22)(H,19,23). The van der Waals surface area contributed by atoms with Crippen LogP contribution in [0.1, 0.15) is 41.9 Å². The van der Waals surface area contributed by atoms with Crippen LogP contribution in [0.4, 0.5) is 0 Å². The average molecular weight is 312 g/mol. The van der Waals surface area contributed by atoms with Gasteiger partial charge >= 0.3 is 0 Å². The maximum absolute atomic E-state index is 12.5. The highest BCUT2D eigenvalue weighted by atomic mass is 16.2. The fraction of sp³-hybridized carbons (Fsp3) is 0.353. The Hall–Kier alpha value is -2.63. The lowest BCUT2D eigenvalue weighted by atomic mass is 10.2. The lowest BCUT2D eigenvalue weighted by Crippen LogP contribution is -2.37. The van der Waals surface area contributed by atoms with Crippen LogP contribution in [0.2, 0.25) is 0 Å². The minimum Gasteiger partial charge on any atom is -0.355 e. The summed E-state index contributed by atoms with van der Waals surface area (Å²) in [6, 6.07) is 11.4. The molecule has 0 radical (unpaired) electrons. The number of amides is 2. The first kappa shape index (κ1) is 15.3. The largest absolute Gasteiger partial charge is 0.355 e. The van der Waals surface area contributed by atoms with Gasteiger partial charge < -0.3 is 10.6 Å². The second kappa shape index (κ2) is 6.64. The highest BCUT2D eigenvalue weighted by Crippen LogP contribution is 2.39. The van der Waals surface area contributed by atoms with Gasteiger partial charge in [-0.15, -0.1) is 0 Å². The van der Waals surface area contributed by atoms with E-state index in [1.54, 1.807) is 4.68 Å². The van der Waals surface area contributed by atoms with E-state index in [2.05, 4.69) is 15.7 Å². The van der Waals surface area contributed by atoms with E-state index in [4.69, 9.17) is 0 Å². The van der Waals surface area contributed by atoms with Crippen molar-refractivity contribution in [2.24, 2.45) is 0 Å². The first-order valence-corrected chi connectivity index (χ1v) is 7.89. The maximum atomic E-state index is 12.5. The van der Waals surface area contributed by atoms with E-state index in [9.17, 15) is 9.59 Å². The van der Waals surface area contributed by atoms with Crippen molar-refractivity contribution in [1.82, 2.24) is 20.4 Å². The average Bonchev–Trinajstić information content (AvgIpc) is 3.32. The van der Waals surface area contributed by atoms with E-state index in [1.807, 2.05) is 43.3 Å². The van der Waals surface area contributed by atoms with Gasteiger partial charge in [0.25, 0.3) is 5.91 Å². The second-order valence-corrected chi connectivity index (χ2v) is 5.61. The van der Waals surface area contributed by atoms with Gasteiger partial charge in [-0.1, -0.05) is 18.2 Å². The van der Waals surface area contributed by atoms with Crippen LogP contribution in [0.25, 0.3) is 5.69 Å². The van der Waals surface area contributed by atoms with Crippen LogP contribution in [0.3, 0.4) is 0 Å². The van der Waals surface area contributed by atoms with Crippen LogP contribution in [0.15, 0.2) is 36.4 Å². The molecule has 0 spiro atoms. The third-order valence-electron chi connectivity index (χ3n) is 3.74. The first-order chi connectivity index (χ1) is 11.2. The zero-order valence-electron chi connectivity index (χ0n) is 13.1. The van der Waals surface area contributed by atoms with E-state index in [-0.39, 0.29) is 18.4 Å². The van der Waals surface area contributed by atoms with Gasteiger partial charge in [-0.3, -0.25) is 9.59 Å². The molecule has 23 heavy (non-hydrogen) atoms. The fourth-order valence-corrected chi connectivity index (χ4v) is 2.42. The van der Waals surface area contributed by atoms with Gasteiger partial charge in [-0.2, -0.15) is 5.10 Å². The number of carbonyl (C=O) groups is 2. The zero-order chi connectivity index (χ0) is 16.2. The van der Waals surface area contributed by atoms with Crippen molar-refractivity contribution >= 4 is 11.8 Å². The van der Waals surface area contributed by atoms with Crippen molar-refractivity contribution in [3.05, 3.63) is 47.8 Å². The summed E-state index contributed by atoms with van der Waals surface area (Å²) in [5.74, 6) is -0.0385. The summed E-state index contributed by atoms with van der Waals surface area (Å²) in [6.07, 6.45) is 2.23. The molecular weight excluding hydrogens is 292 g/mol. The molecule has 1 heterocycles. The number of para-hydroxylation sites is 1. The SMILES string of the molecule is CCNC(=O)CNC(=O)c1cc(C2CC2)nn1-c1ccccc1. The molecule has 3 rings (SSSR count).